The molecule has 19 heavy (non-hydrogen) atoms. The fourth-order valence-corrected chi connectivity index (χ4v) is 3.86. The van der Waals surface area contributed by atoms with Gasteiger partial charge in [-0.25, -0.2) is 4.79 Å². The highest BCUT2D eigenvalue weighted by Gasteiger charge is 2.28. The molecule has 0 aromatic carbocycles. The normalized spacial score (nSPS) is 27.1. The number of likely N-dealkylation sites (tertiary alicyclic amines) is 2. The molecule has 0 bridgehead atoms. The Morgan fingerprint density at radius 1 is 0.842 bits per heavy atom. The molecule has 1 aliphatic carbocycles. The van der Waals surface area contributed by atoms with Crippen LogP contribution in [0, 0.1) is 0 Å². The molecule has 0 spiro atoms. The molecule has 3 rings (SSSR count). The molecule has 0 aromatic heterocycles. The molecule has 108 valence electrons. The van der Waals surface area contributed by atoms with Crippen molar-refractivity contribution in [2.75, 3.05) is 26.2 Å². The van der Waals surface area contributed by atoms with Crippen molar-refractivity contribution in [3.63, 3.8) is 0 Å². The Balaban J connectivity index is 1.41. The Labute approximate surface area is 116 Å². The largest absolute Gasteiger partial charge is 0.335 e. The third-order valence-electron chi connectivity index (χ3n) is 5.09. The van der Waals surface area contributed by atoms with Crippen LogP contribution < -0.4 is 5.32 Å². The second kappa shape index (κ2) is 6.12. The summed E-state index contributed by atoms with van der Waals surface area (Å²) in [5, 5.41) is 3.23. The lowest BCUT2D eigenvalue weighted by Crippen LogP contribution is -2.50. The minimum atomic E-state index is 0.178. The fourth-order valence-electron chi connectivity index (χ4n) is 3.86. The number of urea groups is 1. The van der Waals surface area contributed by atoms with E-state index in [9.17, 15) is 4.79 Å². The number of rotatable bonds is 2. The van der Waals surface area contributed by atoms with Crippen LogP contribution in [-0.2, 0) is 0 Å². The van der Waals surface area contributed by atoms with E-state index in [0.29, 0.717) is 6.04 Å². The number of carbonyl (C=O) groups is 1. The molecule has 3 fully saturated rings. The molecule has 0 radical (unpaired) electrons. The maximum absolute atomic E-state index is 12.1. The molecule has 4 heteroatoms. The molecule has 1 N–H and O–H groups in total. The quantitative estimate of drug-likeness (QED) is 0.831. The van der Waals surface area contributed by atoms with E-state index in [0.717, 1.165) is 32.0 Å². The van der Waals surface area contributed by atoms with Gasteiger partial charge in [0.2, 0.25) is 0 Å². The number of amides is 2. The predicted octanol–water partition coefficient (Wildman–Crippen LogP) is 2.20. The second-order valence-electron chi connectivity index (χ2n) is 6.39. The summed E-state index contributed by atoms with van der Waals surface area (Å²) in [6.07, 6.45) is 10.2. The van der Waals surface area contributed by atoms with Crippen LogP contribution in [0.25, 0.3) is 0 Å². The molecule has 2 saturated heterocycles. The summed E-state index contributed by atoms with van der Waals surface area (Å²) >= 11 is 0. The van der Waals surface area contributed by atoms with Gasteiger partial charge in [0.1, 0.15) is 0 Å². The number of nitrogens with one attached hydrogen (secondary N) is 1. The van der Waals surface area contributed by atoms with Gasteiger partial charge in [-0.2, -0.15) is 0 Å². The van der Waals surface area contributed by atoms with Crippen LogP contribution >= 0.6 is 0 Å². The van der Waals surface area contributed by atoms with Crippen LogP contribution in [0.2, 0.25) is 0 Å². The molecule has 3 aliphatic rings. The number of hydrogen-bond acceptors (Lipinski definition) is 2. The number of piperidine rings is 1. The fraction of sp³-hybridized carbons (Fsp3) is 0.933. The van der Waals surface area contributed by atoms with Crippen molar-refractivity contribution in [3.05, 3.63) is 0 Å². The van der Waals surface area contributed by atoms with Gasteiger partial charge in [0.05, 0.1) is 0 Å². The number of carbonyl (C=O) groups excluding carboxylic acids is 1. The summed E-state index contributed by atoms with van der Waals surface area (Å²) in [6, 6.07) is 1.43. The van der Waals surface area contributed by atoms with Gasteiger partial charge in [-0.3, -0.25) is 0 Å². The molecular weight excluding hydrogens is 238 g/mol. The SMILES string of the molecule is O=C(NC1CCN(C2CCCC2)CC1)N1CCCC1. The van der Waals surface area contributed by atoms with E-state index < -0.39 is 0 Å². The zero-order chi connectivity index (χ0) is 13.1. The molecular formula is C15H27N3O. The van der Waals surface area contributed by atoms with Crippen molar-refractivity contribution >= 4 is 6.03 Å². The first kappa shape index (κ1) is 13.2. The maximum atomic E-state index is 12.1. The van der Waals surface area contributed by atoms with Gasteiger partial charge in [0.25, 0.3) is 0 Å². The zero-order valence-corrected chi connectivity index (χ0v) is 11.9. The Hall–Kier alpha value is -0.770. The molecule has 2 heterocycles. The third-order valence-corrected chi connectivity index (χ3v) is 5.09. The van der Waals surface area contributed by atoms with Crippen LogP contribution in [-0.4, -0.2) is 54.1 Å². The van der Waals surface area contributed by atoms with E-state index in [1.807, 2.05) is 4.90 Å². The summed E-state index contributed by atoms with van der Waals surface area (Å²) in [5.41, 5.74) is 0. The summed E-state index contributed by atoms with van der Waals surface area (Å²) in [4.78, 5) is 16.7. The standard InChI is InChI=1S/C15H27N3O/c19-15(18-9-3-4-10-18)16-13-7-11-17(12-8-13)14-5-1-2-6-14/h13-14H,1-12H2,(H,16,19). The van der Waals surface area contributed by atoms with Gasteiger partial charge < -0.3 is 15.1 Å². The van der Waals surface area contributed by atoms with Gasteiger partial charge in [0, 0.05) is 38.3 Å². The van der Waals surface area contributed by atoms with Crippen LogP contribution in [0.5, 0.6) is 0 Å². The lowest BCUT2D eigenvalue weighted by atomic mass is 10.0. The summed E-state index contributed by atoms with van der Waals surface area (Å²) < 4.78 is 0. The Kier molecular flexibility index (Phi) is 4.26. The van der Waals surface area contributed by atoms with Gasteiger partial charge >= 0.3 is 6.03 Å². The van der Waals surface area contributed by atoms with Crippen molar-refractivity contribution in [3.8, 4) is 0 Å². The summed E-state index contributed by atoms with van der Waals surface area (Å²) in [6.45, 7) is 4.25. The van der Waals surface area contributed by atoms with E-state index in [1.165, 1.54) is 51.6 Å². The van der Waals surface area contributed by atoms with E-state index >= 15 is 0 Å². The van der Waals surface area contributed by atoms with Crippen LogP contribution in [0.1, 0.15) is 51.4 Å². The van der Waals surface area contributed by atoms with Crippen molar-refractivity contribution in [2.45, 2.75) is 63.5 Å². The first-order valence-corrected chi connectivity index (χ1v) is 8.12. The zero-order valence-electron chi connectivity index (χ0n) is 11.9. The Morgan fingerprint density at radius 3 is 2.11 bits per heavy atom. The molecule has 2 amide bonds. The second-order valence-corrected chi connectivity index (χ2v) is 6.39. The van der Waals surface area contributed by atoms with Crippen LogP contribution in [0.4, 0.5) is 4.79 Å². The minimum absolute atomic E-state index is 0.178. The topological polar surface area (TPSA) is 35.6 Å². The molecule has 0 aromatic rings. The number of hydrogen-bond donors (Lipinski definition) is 1. The van der Waals surface area contributed by atoms with E-state index in [-0.39, 0.29) is 6.03 Å². The highest BCUT2D eigenvalue weighted by atomic mass is 16.2. The van der Waals surface area contributed by atoms with Gasteiger partial charge in [-0.1, -0.05) is 12.8 Å². The van der Waals surface area contributed by atoms with Gasteiger partial charge in [-0.05, 0) is 38.5 Å². The average molecular weight is 265 g/mol. The van der Waals surface area contributed by atoms with E-state index in [2.05, 4.69) is 10.2 Å². The highest BCUT2D eigenvalue weighted by molar-refractivity contribution is 5.74. The minimum Gasteiger partial charge on any atom is -0.335 e. The number of nitrogens with zero attached hydrogens (tertiary/aromatic N) is 2. The van der Waals surface area contributed by atoms with Crippen molar-refractivity contribution in [1.82, 2.24) is 15.1 Å². The third kappa shape index (κ3) is 3.22. The molecule has 0 unspecified atom stereocenters. The van der Waals surface area contributed by atoms with Crippen molar-refractivity contribution < 1.29 is 4.79 Å². The lowest BCUT2D eigenvalue weighted by molar-refractivity contribution is 0.141. The molecule has 4 nitrogen and oxygen atoms in total. The van der Waals surface area contributed by atoms with Crippen LogP contribution in [0.3, 0.4) is 0 Å². The summed E-state index contributed by atoms with van der Waals surface area (Å²) in [5.74, 6) is 0. The average Bonchev–Trinajstić information content (AvgIpc) is 3.13. The van der Waals surface area contributed by atoms with Gasteiger partial charge in [-0.15, -0.1) is 0 Å². The maximum Gasteiger partial charge on any atom is 0.317 e. The first-order chi connectivity index (χ1) is 9.33. The molecule has 0 atom stereocenters. The Bertz CT molecular complexity index is 301. The van der Waals surface area contributed by atoms with Gasteiger partial charge in [0.15, 0.2) is 0 Å². The monoisotopic (exact) mass is 265 g/mol. The summed E-state index contributed by atoms with van der Waals surface area (Å²) in [7, 11) is 0. The smallest absolute Gasteiger partial charge is 0.317 e. The predicted molar refractivity (Wildman–Crippen MR) is 76.2 cm³/mol. The van der Waals surface area contributed by atoms with Crippen molar-refractivity contribution in [2.24, 2.45) is 0 Å². The van der Waals surface area contributed by atoms with E-state index in [1.54, 1.807) is 0 Å². The lowest BCUT2D eigenvalue weighted by Gasteiger charge is -2.36. The van der Waals surface area contributed by atoms with Crippen LogP contribution in [0.15, 0.2) is 0 Å². The van der Waals surface area contributed by atoms with E-state index in [4.69, 9.17) is 0 Å². The Morgan fingerprint density at radius 2 is 1.47 bits per heavy atom. The van der Waals surface area contributed by atoms with Crippen molar-refractivity contribution in [1.29, 1.82) is 0 Å². The highest BCUT2D eigenvalue weighted by Crippen LogP contribution is 2.26. The molecule has 2 aliphatic heterocycles. The molecule has 1 saturated carbocycles. The first-order valence-electron chi connectivity index (χ1n) is 8.12.